The Kier molecular flexibility index (Phi) is 5.52. The predicted molar refractivity (Wildman–Crippen MR) is 124 cm³/mol. The Morgan fingerprint density at radius 3 is 2.32 bits per heavy atom. The molecule has 6 nitrogen and oxygen atoms in total. The average molecular weight is 435 g/mol. The number of furan rings is 1. The molecule has 0 aliphatic rings. The van der Waals surface area contributed by atoms with Crippen molar-refractivity contribution in [2.75, 3.05) is 23.5 Å². The van der Waals surface area contributed by atoms with Gasteiger partial charge in [0.05, 0.1) is 17.1 Å². The van der Waals surface area contributed by atoms with E-state index >= 15 is 0 Å². The molecule has 0 fully saturated rings. The molecule has 0 spiro atoms. The standard InChI is InChI=1S/C24H22N2O4S/c1-26(17-10-4-3-5-11-17)21-14-8-7-13-20(21)25-24(27)23-19(16-31(2,28)29)18-12-6-9-15-22(18)30-23/h3-15H,16H2,1-2H3,(H,25,27). The number of benzene rings is 3. The first-order chi connectivity index (χ1) is 14.8. The molecule has 0 radical (unpaired) electrons. The predicted octanol–water partition coefficient (Wildman–Crippen LogP) is 5.00. The second kappa shape index (κ2) is 8.28. The number of para-hydroxylation sites is 4. The Balaban J connectivity index is 1.72. The zero-order chi connectivity index (χ0) is 22.0. The van der Waals surface area contributed by atoms with Crippen LogP contribution in [0.1, 0.15) is 16.1 Å². The summed E-state index contributed by atoms with van der Waals surface area (Å²) in [6, 6.07) is 24.2. The number of nitrogens with one attached hydrogen (secondary N) is 1. The summed E-state index contributed by atoms with van der Waals surface area (Å²) in [4.78, 5) is 15.1. The average Bonchev–Trinajstić information content (AvgIpc) is 3.11. The first-order valence-electron chi connectivity index (χ1n) is 9.71. The van der Waals surface area contributed by atoms with Gasteiger partial charge in [0.2, 0.25) is 0 Å². The van der Waals surface area contributed by atoms with Gasteiger partial charge in [0.1, 0.15) is 5.58 Å². The number of carbonyl (C=O) groups is 1. The minimum Gasteiger partial charge on any atom is -0.451 e. The molecule has 1 heterocycles. The van der Waals surface area contributed by atoms with Gasteiger partial charge in [-0.05, 0) is 30.3 Å². The Morgan fingerprint density at radius 2 is 1.58 bits per heavy atom. The van der Waals surface area contributed by atoms with Gasteiger partial charge in [-0.2, -0.15) is 0 Å². The number of hydrogen-bond acceptors (Lipinski definition) is 5. The summed E-state index contributed by atoms with van der Waals surface area (Å²) in [7, 11) is -1.46. The van der Waals surface area contributed by atoms with Gasteiger partial charge < -0.3 is 14.6 Å². The highest BCUT2D eigenvalue weighted by Crippen LogP contribution is 2.32. The van der Waals surface area contributed by atoms with Gasteiger partial charge in [-0.1, -0.05) is 48.5 Å². The van der Waals surface area contributed by atoms with E-state index in [9.17, 15) is 13.2 Å². The lowest BCUT2D eigenvalue weighted by Crippen LogP contribution is -2.17. The lowest BCUT2D eigenvalue weighted by Gasteiger charge is -2.22. The van der Waals surface area contributed by atoms with E-state index in [1.807, 2.05) is 60.5 Å². The van der Waals surface area contributed by atoms with Crippen LogP contribution in [-0.2, 0) is 15.6 Å². The monoisotopic (exact) mass is 434 g/mol. The molecule has 0 saturated heterocycles. The van der Waals surface area contributed by atoms with Crippen LogP contribution in [0.25, 0.3) is 11.0 Å². The van der Waals surface area contributed by atoms with E-state index < -0.39 is 15.7 Å². The van der Waals surface area contributed by atoms with E-state index in [-0.39, 0.29) is 11.5 Å². The van der Waals surface area contributed by atoms with E-state index in [0.717, 1.165) is 17.6 Å². The lowest BCUT2D eigenvalue weighted by atomic mass is 10.1. The molecule has 7 heteroatoms. The molecule has 31 heavy (non-hydrogen) atoms. The number of rotatable bonds is 6. The zero-order valence-corrected chi connectivity index (χ0v) is 18.0. The molecule has 0 bridgehead atoms. The van der Waals surface area contributed by atoms with Crippen LogP contribution in [0.3, 0.4) is 0 Å². The van der Waals surface area contributed by atoms with E-state index in [1.165, 1.54) is 0 Å². The molecule has 0 aliphatic carbocycles. The summed E-state index contributed by atoms with van der Waals surface area (Å²) in [6.07, 6.45) is 1.14. The van der Waals surface area contributed by atoms with E-state index in [2.05, 4.69) is 5.32 Å². The molecule has 1 N–H and O–H groups in total. The molecular weight excluding hydrogens is 412 g/mol. The summed E-state index contributed by atoms with van der Waals surface area (Å²) < 4.78 is 29.8. The number of nitrogens with zero attached hydrogens (tertiary/aromatic N) is 1. The van der Waals surface area contributed by atoms with Crippen LogP contribution in [0.2, 0.25) is 0 Å². The van der Waals surface area contributed by atoms with Crippen molar-refractivity contribution in [3.05, 3.63) is 90.2 Å². The van der Waals surface area contributed by atoms with Crippen LogP contribution in [0.5, 0.6) is 0 Å². The van der Waals surface area contributed by atoms with E-state index in [4.69, 9.17) is 4.42 Å². The fourth-order valence-corrected chi connectivity index (χ4v) is 4.34. The van der Waals surface area contributed by atoms with Crippen molar-refractivity contribution in [1.82, 2.24) is 0 Å². The van der Waals surface area contributed by atoms with E-state index in [0.29, 0.717) is 22.2 Å². The van der Waals surface area contributed by atoms with Crippen LogP contribution < -0.4 is 10.2 Å². The van der Waals surface area contributed by atoms with Gasteiger partial charge in [-0.3, -0.25) is 4.79 Å². The topological polar surface area (TPSA) is 79.6 Å². The second-order valence-corrected chi connectivity index (χ2v) is 9.48. The minimum atomic E-state index is -3.37. The highest BCUT2D eigenvalue weighted by Gasteiger charge is 2.24. The van der Waals surface area contributed by atoms with Gasteiger partial charge >= 0.3 is 0 Å². The van der Waals surface area contributed by atoms with Crippen molar-refractivity contribution in [3.8, 4) is 0 Å². The second-order valence-electron chi connectivity index (χ2n) is 7.34. The van der Waals surface area contributed by atoms with Gasteiger partial charge in [0.15, 0.2) is 15.6 Å². The number of anilines is 3. The van der Waals surface area contributed by atoms with Gasteiger partial charge in [0.25, 0.3) is 5.91 Å². The van der Waals surface area contributed by atoms with Crippen LogP contribution >= 0.6 is 0 Å². The maximum Gasteiger partial charge on any atom is 0.291 e. The molecule has 0 atom stereocenters. The highest BCUT2D eigenvalue weighted by molar-refractivity contribution is 7.89. The summed E-state index contributed by atoms with van der Waals surface area (Å²) >= 11 is 0. The largest absolute Gasteiger partial charge is 0.451 e. The summed E-state index contributed by atoms with van der Waals surface area (Å²) in [5.74, 6) is -0.772. The van der Waals surface area contributed by atoms with Crippen LogP contribution in [0, 0.1) is 0 Å². The van der Waals surface area contributed by atoms with Crippen LogP contribution in [0.15, 0.2) is 83.3 Å². The minimum absolute atomic E-state index is 0.00351. The third-order valence-corrected chi connectivity index (χ3v) is 5.78. The number of carbonyl (C=O) groups excluding carboxylic acids is 1. The lowest BCUT2D eigenvalue weighted by molar-refractivity contribution is 0.0998. The van der Waals surface area contributed by atoms with Crippen molar-refractivity contribution in [2.24, 2.45) is 0 Å². The van der Waals surface area contributed by atoms with Crippen molar-refractivity contribution >= 4 is 43.8 Å². The Bertz CT molecular complexity index is 1340. The third kappa shape index (κ3) is 4.46. The van der Waals surface area contributed by atoms with Crippen LogP contribution in [0.4, 0.5) is 17.1 Å². The number of hydrogen-bond donors (Lipinski definition) is 1. The van der Waals surface area contributed by atoms with Crippen molar-refractivity contribution < 1.29 is 17.6 Å². The fraction of sp³-hybridized carbons (Fsp3) is 0.125. The summed E-state index contributed by atoms with van der Waals surface area (Å²) in [5, 5.41) is 3.51. The maximum atomic E-state index is 13.2. The fourth-order valence-electron chi connectivity index (χ4n) is 3.53. The zero-order valence-electron chi connectivity index (χ0n) is 17.2. The molecule has 158 valence electrons. The van der Waals surface area contributed by atoms with E-state index in [1.54, 1.807) is 30.3 Å². The molecule has 0 unspecified atom stereocenters. The molecule has 4 rings (SSSR count). The molecule has 1 amide bonds. The normalized spacial score (nSPS) is 11.4. The van der Waals surface area contributed by atoms with Crippen molar-refractivity contribution in [1.29, 1.82) is 0 Å². The third-order valence-electron chi connectivity index (χ3n) is 4.97. The number of fused-ring (bicyclic) bond motifs is 1. The maximum absolute atomic E-state index is 13.2. The molecule has 0 saturated carbocycles. The summed E-state index contributed by atoms with van der Waals surface area (Å²) in [6.45, 7) is 0. The van der Waals surface area contributed by atoms with Gasteiger partial charge in [-0.25, -0.2) is 8.42 Å². The smallest absolute Gasteiger partial charge is 0.291 e. The van der Waals surface area contributed by atoms with Crippen LogP contribution in [-0.4, -0.2) is 27.6 Å². The molecule has 3 aromatic carbocycles. The van der Waals surface area contributed by atoms with Crippen molar-refractivity contribution in [2.45, 2.75) is 5.75 Å². The first kappa shape index (κ1) is 20.7. The number of amides is 1. The molecule has 0 aliphatic heterocycles. The first-order valence-corrected chi connectivity index (χ1v) is 11.8. The number of sulfone groups is 1. The SMILES string of the molecule is CN(c1ccccc1)c1ccccc1NC(=O)c1oc2ccccc2c1CS(C)(=O)=O. The quantitative estimate of drug-likeness (QED) is 0.462. The Morgan fingerprint density at radius 1 is 0.935 bits per heavy atom. The summed E-state index contributed by atoms with van der Waals surface area (Å²) in [5.41, 5.74) is 3.18. The molecule has 4 aromatic rings. The Hall–Kier alpha value is -3.58. The molecular formula is C24H22N2O4S. The van der Waals surface area contributed by atoms with Gasteiger partial charge in [0, 0.05) is 29.9 Å². The molecule has 1 aromatic heterocycles. The highest BCUT2D eigenvalue weighted by atomic mass is 32.2. The van der Waals surface area contributed by atoms with Crippen molar-refractivity contribution in [3.63, 3.8) is 0 Å². The Labute approximate surface area is 181 Å². The van der Waals surface area contributed by atoms with Gasteiger partial charge in [-0.15, -0.1) is 0 Å².